The van der Waals surface area contributed by atoms with Crippen LogP contribution in [0.2, 0.25) is 0 Å². The van der Waals surface area contributed by atoms with Gasteiger partial charge in [-0.25, -0.2) is 4.68 Å². The third-order valence-corrected chi connectivity index (χ3v) is 5.34. The number of hydrogen-bond acceptors (Lipinski definition) is 6. The normalized spacial score (nSPS) is 20.3. The number of amides is 2. The molecule has 2 amide bonds. The number of aryl methyl sites for hydroxylation is 1. The van der Waals surface area contributed by atoms with Crippen molar-refractivity contribution < 1.29 is 14.1 Å². The summed E-state index contributed by atoms with van der Waals surface area (Å²) in [4.78, 5) is 26.8. The van der Waals surface area contributed by atoms with Crippen LogP contribution in [0, 0.1) is 6.92 Å². The maximum absolute atomic E-state index is 12.7. The van der Waals surface area contributed by atoms with Gasteiger partial charge in [0, 0.05) is 18.7 Å². The Balaban J connectivity index is 1.39. The molecule has 3 heterocycles. The highest BCUT2D eigenvalue weighted by atomic mass is 16.5. The molecule has 144 valence electrons. The first kappa shape index (κ1) is 17.7. The highest BCUT2D eigenvalue weighted by Gasteiger charge is 2.31. The van der Waals surface area contributed by atoms with E-state index in [1.54, 1.807) is 28.8 Å². The van der Waals surface area contributed by atoms with Crippen LogP contribution in [-0.2, 0) is 6.54 Å². The van der Waals surface area contributed by atoms with Crippen molar-refractivity contribution in [1.82, 2.24) is 30.4 Å². The van der Waals surface area contributed by atoms with Gasteiger partial charge in [-0.3, -0.25) is 9.59 Å². The van der Waals surface area contributed by atoms with Gasteiger partial charge in [-0.2, -0.15) is 0 Å². The molecule has 2 aliphatic rings. The smallest absolute Gasteiger partial charge is 0.276 e. The first-order chi connectivity index (χ1) is 13.1. The molecule has 9 heteroatoms. The molecule has 1 N–H and O–H groups in total. The van der Waals surface area contributed by atoms with Crippen molar-refractivity contribution in [2.75, 3.05) is 6.54 Å². The minimum atomic E-state index is -0.175. The first-order valence-corrected chi connectivity index (χ1v) is 9.55. The number of nitrogens with one attached hydrogen (secondary N) is 1. The van der Waals surface area contributed by atoms with Crippen molar-refractivity contribution in [1.29, 1.82) is 0 Å². The van der Waals surface area contributed by atoms with Crippen molar-refractivity contribution in [3.8, 4) is 0 Å². The molecule has 2 aromatic heterocycles. The lowest BCUT2D eigenvalue weighted by atomic mass is 10.2. The predicted molar refractivity (Wildman–Crippen MR) is 95.0 cm³/mol. The van der Waals surface area contributed by atoms with Gasteiger partial charge >= 0.3 is 0 Å². The maximum Gasteiger partial charge on any atom is 0.276 e. The van der Waals surface area contributed by atoms with Gasteiger partial charge in [0.05, 0.1) is 18.8 Å². The molecule has 27 heavy (non-hydrogen) atoms. The van der Waals surface area contributed by atoms with E-state index in [4.69, 9.17) is 4.52 Å². The molecule has 1 atom stereocenters. The summed E-state index contributed by atoms with van der Waals surface area (Å²) in [5.74, 6) is 0.308. The molecule has 1 aliphatic heterocycles. The zero-order valence-corrected chi connectivity index (χ0v) is 15.4. The molecule has 1 saturated heterocycles. The molecule has 1 saturated carbocycles. The van der Waals surface area contributed by atoms with Crippen molar-refractivity contribution in [3.05, 3.63) is 29.4 Å². The first-order valence-electron chi connectivity index (χ1n) is 9.55. The Bertz CT molecular complexity index is 823. The molecule has 0 aromatic carbocycles. The van der Waals surface area contributed by atoms with Gasteiger partial charge in [0.15, 0.2) is 11.4 Å². The Morgan fingerprint density at radius 3 is 2.78 bits per heavy atom. The second-order valence-corrected chi connectivity index (χ2v) is 7.40. The van der Waals surface area contributed by atoms with Gasteiger partial charge < -0.3 is 14.7 Å². The molecule has 0 unspecified atom stereocenters. The summed E-state index contributed by atoms with van der Waals surface area (Å²) in [6.45, 7) is 2.95. The minimum Gasteiger partial charge on any atom is -0.361 e. The Hall–Kier alpha value is -2.71. The number of carbonyl (C=O) groups is 2. The summed E-state index contributed by atoms with van der Waals surface area (Å²) >= 11 is 0. The summed E-state index contributed by atoms with van der Waals surface area (Å²) in [5.41, 5.74) is 0.652. The number of nitrogens with zero attached hydrogens (tertiary/aromatic N) is 5. The number of likely N-dealkylation sites (tertiary alicyclic amines) is 1. The molecular formula is C18H24N6O3. The molecule has 2 aromatic rings. The van der Waals surface area contributed by atoms with Crippen LogP contribution in [0.5, 0.6) is 0 Å². The van der Waals surface area contributed by atoms with E-state index in [0.29, 0.717) is 30.2 Å². The van der Waals surface area contributed by atoms with E-state index in [1.165, 1.54) is 0 Å². The van der Waals surface area contributed by atoms with E-state index in [1.807, 2.05) is 0 Å². The molecule has 0 bridgehead atoms. The molecular weight excluding hydrogens is 348 g/mol. The Morgan fingerprint density at radius 2 is 2.04 bits per heavy atom. The third-order valence-electron chi connectivity index (χ3n) is 5.34. The summed E-state index contributed by atoms with van der Waals surface area (Å²) in [6, 6.07) is 1.90. The van der Waals surface area contributed by atoms with E-state index in [-0.39, 0.29) is 23.9 Å². The fourth-order valence-electron chi connectivity index (χ4n) is 3.94. The second-order valence-electron chi connectivity index (χ2n) is 7.40. The van der Waals surface area contributed by atoms with Crippen LogP contribution < -0.4 is 5.32 Å². The van der Waals surface area contributed by atoms with Gasteiger partial charge in [0.1, 0.15) is 5.76 Å². The molecule has 0 radical (unpaired) electrons. The van der Waals surface area contributed by atoms with Crippen molar-refractivity contribution in [2.24, 2.45) is 0 Å². The Morgan fingerprint density at radius 1 is 1.22 bits per heavy atom. The SMILES string of the molecule is Cc1cc(C(=O)N2CCC[C@H]2Cn2cc(C(=O)NC3CCCC3)nn2)no1. The summed E-state index contributed by atoms with van der Waals surface area (Å²) in [7, 11) is 0. The van der Waals surface area contributed by atoms with Gasteiger partial charge in [-0.15, -0.1) is 5.10 Å². The zero-order valence-electron chi connectivity index (χ0n) is 15.4. The summed E-state index contributed by atoms with van der Waals surface area (Å²) < 4.78 is 6.66. The second kappa shape index (κ2) is 7.50. The Labute approximate surface area is 157 Å². The van der Waals surface area contributed by atoms with Crippen LogP contribution >= 0.6 is 0 Å². The van der Waals surface area contributed by atoms with E-state index >= 15 is 0 Å². The van der Waals surface area contributed by atoms with Crippen LogP contribution in [0.3, 0.4) is 0 Å². The van der Waals surface area contributed by atoms with Gasteiger partial charge in [-0.05, 0) is 32.6 Å². The largest absolute Gasteiger partial charge is 0.361 e. The number of carbonyl (C=O) groups excluding carboxylic acids is 2. The topological polar surface area (TPSA) is 106 Å². The van der Waals surface area contributed by atoms with E-state index in [9.17, 15) is 9.59 Å². The summed E-state index contributed by atoms with van der Waals surface area (Å²) in [6.07, 6.45) is 7.85. The van der Waals surface area contributed by atoms with Crippen molar-refractivity contribution in [3.63, 3.8) is 0 Å². The average molecular weight is 372 g/mol. The quantitative estimate of drug-likeness (QED) is 0.853. The van der Waals surface area contributed by atoms with Crippen LogP contribution in [0.1, 0.15) is 65.3 Å². The fourth-order valence-corrected chi connectivity index (χ4v) is 3.94. The van der Waals surface area contributed by atoms with Gasteiger partial charge in [0.25, 0.3) is 11.8 Å². The van der Waals surface area contributed by atoms with Crippen LogP contribution in [0.4, 0.5) is 0 Å². The summed E-state index contributed by atoms with van der Waals surface area (Å²) in [5, 5.41) is 14.9. The van der Waals surface area contributed by atoms with Gasteiger partial charge in [-0.1, -0.05) is 23.2 Å². The molecule has 1 aliphatic carbocycles. The van der Waals surface area contributed by atoms with E-state index in [0.717, 1.165) is 38.5 Å². The lowest BCUT2D eigenvalue weighted by Gasteiger charge is -2.23. The van der Waals surface area contributed by atoms with Crippen molar-refractivity contribution >= 4 is 11.8 Å². The standard InChI is InChI=1S/C18H24N6O3/c1-12-9-15(21-27-12)18(26)24-8-4-7-14(24)10-23-11-16(20-22-23)17(25)19-13-5-2-3-6-13/h9,11,13-14H,2-8,10H2,1H3,(H,19,25)/t14-/m0/s1. The molecule has 9 nitrogen and oxygen atoms in total. The molecule has 4 rings (SSSR count). The maximum atomic E-state index is 12.7. The highest BCUT2D eigenvalue weighted by molar-refractivity contribution is 5.93. The number of hydrogen-bond donors (Lipinski definition) is 1. The monoisotopic (exact) mass is 372 g/mol. The van der Waals surface area contributed by atoms with E-state index < -0.39 is 0 Å². The van der Waals surface area contributed by atoms with Crippen molar-refractivity contribution in [2.45, 2.75) is 64.1 Å². The predicted octanol–water partition coefficient (Wildman–Crippen LogP) is 1.55. The third kappa shape index (κ3) is 3.86. The number of rotatable bonds is 5. The van der Waals surface area contributed by atoms with Crippen LogP contribution in [0.25, 0.3) is 0 Å². The lowest BCUT2D eigenvalue weighted by Crippen LogP contribution is -2.38. The lowest BCUT2D eigenvalue weighted by molar-refractivity contribution is 0.0710. The van der Waals surface area contributed by atoms with Crippen LogP contribution in [-0.4, -0.2) is 55.5 Å². The van der Waals surface area contributed by atoms with Gasteiger partial charge in [0.2, 0.25) is 0 Å². The fraction of sp³-hybridized carbons (Fsp3) is 0.611. The van der Waals surface area contributed by atoms with Crippen LogP contribution in [0.15, 0.2) is 16.8 Å². The molecule has 2 fully saturated rings. The average Bonchev–Trinajstić information content (AvgIpc) is 3.42. The Kier molecular flexibility index (Phi) is 4.91. The van der Waals surface area contributed by atoms with E-state index in [2.05, 4.69) is 20.8 Å². The minimum absolute atomic E-state index is 0.00181. The molecule has 0 spiro atoms. The zero-order chi connectivity index (χ0) is 18.8. The highest BCUT2D eigenvalue weighted by Crippen LogP contribution is 2.22. The number of aromatic nitrogens is 4.